The lowest BCUT2D eigenvalue weighted by Gasteiger charge is -2.11. The molecule has 0 atom stereocenters. The van der Waals surface area contributed by atoms with Gasteiger partial charge in [0.25, 0.3) is 0 Å². The first-order valence-electron chi connectivity index (χ1n) is 16.2. The number of aromatic nitrogens is 4. The van der Waals surface area contributed by atoms with Crippen molar-refractivity contribution in [3.63, 3.8) is 0 Å². The maximum Gasteiger partial charge on any atom is 0.164 e. The zero-order valence-electron chi connectivity index (χ0n) is 26.4. The van der Waals surface area contributed by atoms with E-state index in [0.29, 0.717) is 17.5 Å². The van der Waals surface area contributed by atoms with E-state index < -0.39 is 0 Å². The third-order valence-electron chi connectivity index (χ3n) is 8.74. The normalized spacial score (nSPS) is 11.3. The second-order valence-electron chi connectivity index (χ2n) is 11.9. The Morgan fingerprint density at radius 3 is 1.37 bits per heavy atom. The van der Waals surface area contributed by atoms with Gasteiger partial charge in [0.15, 0.2) is 17.5 Å². The molecule has 9 aromatic rings. The summed E-state index contributed by atoms with van der Waals surface area (Å²) in [4.78, 5) is 19.7. The van der Waals surface area contributed by atoms with Crippen molar-refractivity contribution in [3.05, 3.63) is 170 Å². The monoisotopic (exact) mass is 644 g/mol. The van der Waals surface area contributed by atoms with Gasteiger partial charge in [-0.05, 0) is 51.9 Å². The SMILES string of the molecule is c1ccc(-c2nc(-c3ccccc3)nc(-c3cccc(-c4cccc(-c5ccc6ccc7nc(-c8ccccc8)sc7c6c5)c4)c3)n2)cc1. The summed E-state index contributed by atoms with van der Waals surface area (Å²) in [6.45, 7) is 0. The van der Waals surface area contributed by atoms with Crippen molar-refractivity contribution < 1.29 is 0 Å². The standard InChI is InChI=1S/C44H28N4S/c1-4-12-30(13-5-1)41-46-42(31-14-6-2-7-15-31)48-43(47-41)37-21-11-20-35(27-37)33-18-10-19-34(26-33)36-23-22-29-24-25-39-40(38(29)28-36)49-44(45-39)32-16-8-3-9-17-32/h1-28H. The van der Waals surface area contributed by atoms with E-state index in [1.807, 2.05) is 66.7 Å². The summed E-state index contributed by atoms with van der Waals surface area (Å²) in [5.74, 6) is 1.95. The molecular formula is C44H28N4S. The Hall–Kier alpha value is -6.30. The van der Waals surface area contributed by atoms with Crippen LogP contribution in [0.5, 0.6) is 0 Å². The van der Waals surface area contributed by atoms with Gasteiger partial charge < -0.3 is 0 Å². The first-order valence-corrected chi connectivity index (χ1v) is 17.0. The minimum atomic E-state index is 0.642. The van der Waals surface area contributed by atoms with Crippen LogP contribution in [0, 0.1) is 0 Å². The van der Waals surface area contributed by atoms with E-state index in [0.717, 1.165) is 49.5 Å². The maximum atomic E-state index is 4.97. The molecule has 0 fully saturated rings. The van der Waals surface area contributed by atoms with Gasteiger partial charge in [0.2, 0.25) is 0 Å². The third-order valence-corrected chi connectivity index (χ3v) is 9.90. The molecule has 7 aromatic carbocycles. The maximum absolute atomic E-state index is 4.97. The summed E-state index contributed by atoms with van der Waals surface area (Å²) in [5.41, 5.74) is 9.58. The van der Waals surface area contributed by atoms with E-state index in [1.54, 1.807) is 11.3 Å². The minimum Gasteiger partial charge on any atom is -0.236 e. The molecule has 5 heteroatoms. The van der Waals surface area contributed by atoms with Gasteiger partial charge in [-0.1, -0.05) is 146 Å². The first-order chi connectivity index (χ1) is 24.2. The van der Waals surface area contributed by atoms with Gasteiger partial charge in [-0.15, -0.1) is 11.3 Å². The molecule has 0 spiro atoms. The molecule has 2 heterocycles. The summed E-state index contributed by atoms with van der Waals surface area (Å²) in [5, 5.41) is 3.48. The number of fused-ring (bicyclic) bond motifs is 3. The highest BCUT2D eigenvalue weighted by atomic mass is 32.1. The lowest BCUT2D eigenvalue weighted by atomic mass is 9.96. The Morgan fingerprint density at radius 2 is 0.776 bits per heavy atom. The van der Waals surface area contributed by atoms with E-state index in [-0.39, 0.29) is 0 Å². The molecule has 0 saturated carbocycles. The molecule has 49 heavy (non-hydrogen) atoms. The Bertz CT molecular complexity index is 2540. The van der Waals surface area contributed by atoms with E-state index in [9.17, 15) is 0 Å². The van der Waals surface area contributed by atoms with Gasteiger partial charge in [0, 0.05) is 27.6 Å². The van der Waals surface area contributed by atoms with Gasteiger partial charge in [-0.25, -0.2) is 19.9 Å². The number of thiazole rings is 1. The molecule has 0 N–H and O–H groups in total. The van der Waals surface area contributed by atoms with Crippen molar-refractivity contribution in [1.82, 2.24) is 19.9 Å². The molecule has 0 aliphatic heterocycles. The van der Waals surface area contributed by atoms with Crippen LogP contribution in [0.3, 0.4) is 0 Å². The Labute approximate surface area is 288 Å². The molecule has 2 aromatic heterocycles. The van der Waals surface area contributed by atoms with Crippen molar-refractivity contribution in [1.29, 1.82) is 0 Å². The summed E-state index contributed by atoms with van der Waals surface area (Å²) in [6, 6.07) is 58.8. The highest BCUT2D eigenvalue weighted by Gasteiger charge is 2.14. The summed E-state index contributed by atoms with van der Waals surface area (Å²) in [7, 11) is 0. The van der Waals surface area contributed by atoms with Crippen molar-refractivity contribution in [2.45, 2.75) is 0 Å². The van der Waals surface area contributed by atoms with Gasteiger partial charge in [-0.3, -0.25) is 0 Å². The Balaban J connectivity index is 1.10. The molecule has 4 nitrogen and oxygen atoms in total. The highest BCUT2D eigenvalue weighted by Crippen LogP contribution is 2.37. The topological polar surface area (TPSA) is 51.6 Å². The molecule has 0 aliphatic carbocycles. The zero-order chi connectivity index (χ0) is 32.6. The van der Waals surface area contributed by atoms with Gasteiger partial charge in [-0.2, -0.15) is 0 Å². The second kappa shape index (κ2) is 12.4. The predicted octanol–water partition coefficient (Wildman–Crippen LogP) is 11.6. The van der Waals surface area contributed by atoms with Crippen LogP contribution in [0.4, 0.5) is 0 Å². The molecule has 9 rings (SSSR count). The lowest BCUT2D eigenvalue weighted by Crippen LogP contribution is -2.00. The number of rotatable bonds is 6. The van der Waals surface area contributed by atoms with Crippen LogP contribution < -0.4 is 0 Å². The Kier molecular flexibility index (Phi) is 7.30. The fourth-order valence-corrected chi connectivity index (χ4v) is 7.34. The number of benzene rings is 7. The van der Waals surface area contributed by atoms with E-state index in [4.69, 9.17) is 19.9 Å². The first kappa shape index (κ1) is 28.9. The average molecular weight is 645 g/mol. The van der Waals surface area contributed by atoms with Crippen LogP contribution in [0.25, 0.3) is 88.0 Å². The van der Waals surface area contributed by atoms with Gasteiger partial charge >= 0.3 is 0 Å². The second-order valence-corrected chi connectivity index (χ2v) is 12.9. The quantitative estimate of drug-likeness (QED) is 0.181. The van der Waals surface area contributed by atoms with Crippen LogP contribution in [-0.4, -0.2) is 19.9 Å². The molecule has 0 saturated heterocycles. The third kappa shape index (κ3) is 5.67. The molecular weight excluding hydrogens is 617 g/mol. The fraction of sp³-hybridized carbons (Fsp3) is 0. The molecule has 230 valence electrons. The number of hydrogen-bond acceptors (Lipinski definition) is 5. The Morgan fingerprint density at radius 1 is 0.327 bits per heavy atom. The van der Waals surface area contributed by atoms with Crippen LogP contribution >= 0.6 is 11.3 Å². The minimum absolute atomic E-state index is 0.642. The van der Waals surface area contributed by atoms with E-state index >= 15 is 0 Å². The molecule has 0 radical (unpaired) electrons. The van der Waals surface area contributed by atoms with E-state index in [1.165, 1.54) is 21.0 Å². The van der Waals surface area contributed by atoms with Crippen molar-refractivity contribution in [2.75, 3.05) is 0 Å². The molecule has 0 aliphatic rings. The predicted molar refractivity (Wildman–Crippen MR) is 203 cm³/mol. The van der Waals surface area contributed by atoms with Crippen molar-refractivity contribution >= 4 is 32.3 Å². The average Bonchev–Trinajstić information content (AvgIpc) is 3.64. The summed E-state index contributed by atoms with van der Waals surface area (Å²) >= 11 is 1.75. The molecule has 0 bridgehead atoms. The van der Waals surface area contributed by atoms with Crippen LogP contribution in [-0.2, 0) is 0 Å². The highest BCUT2D eigenvalue weighted by molar-refractivity contribution is 7.22. The lowest BCUT2D eigenvalue weighted by molar-refractivity contribution is 1.07. The largest absolute Gasteiger partial charge is 0.236 e. The van der Waals surface area contributed by atoms with Crippen molar-refractivity contribution in [3.8, 4) is 67.0 Å². The van der Waals surface area contributed by atoms with Crippen LogP contribution in [0.1, 0.15) is 0 Å². The van der Waals surface area contributed by atoms with E-state index in [2.05, 4.69) is 103 Å². The van der Waals surface area contributed by atoms with Crippen LogP contribution in [0.15, 0.2) is 170 Å². The summed E-state index contributed by atoms with van der Waals surface area (Å²) < 4.78 is 1.21. The van der Waals surface area contributed by atoms with Gasteiger partial charge in [0.1, 0.15) is 5.01 Å². The molecule has 0 amide bonds. The fourth-order valence-electron chi connectivity index (χ4n) is 6.24. The van der Waals surface area contributed by atoms with Gasteiger partial charge in [0.05, 0.1) is 10.2 Å². The molecule has 0 unspecified atom stereocenters. The summed E-state index contributed by atoms with van der Waals surface area (Å²) in [6.07, 6.45) is 0. The number of nitrogens with zero attached hydrogens (tertiary/aromatic N) is 4. The zero-order valence-corrected chi connectivity index (χ0v) is 27.2. The smallest absolute Gasteiger partial charge is 0.164 e. The number of hydrogen-bond donors (Lipinski definition) is 0. The van der Waals surface area contributed by atoms with Crippen molar-refractivity contribution in [2.24, 2.45) is 0 Å². The van der Waals surface area contributed by atoms with Crippen LogP contribution in [0.2, 0.25) is 0 Å².